The lowest BCUT2D eigenvalue weighted by atomic mass is 10.1. The molecule has 2 aromatic rings. The van der Waals surface area contributed by atoms with Crippen molar-refractivity contribution in [3.63, 3.8) is 0 Å². The summed E-state index contributed by atoms with van der Waals surface area (Å²) in [5.41, 5.74) is 2.72. The van der Waals surface area contributed by atoms with Gasteiger partial charge >= 0.3 is 0 Å². The highest BCUT2D eigenvalue weighted by Crippen LogP contribution is 2.13. The Morgan fingerprint density at radius 2 is 2.14 bits per heavy atom. The predicted molar refractivity (Wildman–Crippen MR) is 59.6 cm³/mol. The van der Waals surface area contributed by atoms with Crippen LogP contribution in [0.2, 0.25) is 0 Å². The van der Waals surface area contributed by atoms with Crippen LogP contribution in [-0.2, 0) is 6.42 Å². The molecule has 0 fully saturated rings. The summed E-state index contributed by atoms with van der Waals surface area (Å²) in [4.78, 5) is 0. The lowest BCUT2D eigenvalue weighted by Crippen LogP contribution is -2.23. The molecule has 74 valence electrons. The first kappa shape index (κ1) is 9.28. The fourth-order valence-electron chi connectivity index (χ4n) is 1.72. The lowest BCUT2D eigenvalue weighted by molar-refractivity contribution is 0.610. The lowest BCUT2D eigenvalue weighted by Gasteiger charge is -2.08. The number of hydrogen-bond acceptors (Lipinski definition) is 1. The van der Waals surface area contributed by atoms with Crippen molar-refractivity contribution in [1.29, 1.82) is 0 Å². The predicted octanol–water partition coefficient (Wildman–Crippen LogP) is 2.09. The molecule has 0 saturated heterocycles. The zero-order chi connectivity index (χ0) is 9.97. The molecule has 1 atom stereocenters. The van der Waals surface area contributed by atoms with E-state index in [1.54, 1.807) is 0 Å². The molecule has 0 radical (unpaired) electrons. The van der Waals surface area contributed by atoms with E-state index in [4.69, 9.17) is 0 Å². The SMILES string of the molecule is CNC(C)Cc1ccn2ccccc12. The molecule has 0 amide bonds. The van der Waals surface area contributed by atoms with Crippen molar-refractivity contribution in [2.24, 2.45) is 0 Å². The van der Waals surface area contributed by atoms with Gasteiger partial charge in [0, 0.05) is 24.0 Å². The molecular formula is C12H16N2. The van der Waals surface area contributed by atoms with Crippen LogP contribution in [0, 0.1) is 0 Å². The van der Waals surface area contributed by atoms with Crippen molar-refractivity contribution in [2.45, 2.75) is 19.4 Å². The van der Waals surface area contributed by atoms with Gasteiger partial charge < -0.3 is 9.72 Å². The number of nitrogens with one attached hydrogen (secondary N) is 1. The smallest absolute Gasteiger partial charge is 0.0482 e. The van der Waals surface area contributed by atoms with E-state index < -0.39 is 0 Å². The zero-order valence-electron chi connectivity index (χ0n) is 8.70. The summed E-state index contributed by atoms with van der Waals surface area (Å²) in [7, 11) is 2.00. The molecule has 2 nitrogen and oxygen atoms in total. The third kappa shape index (κ3) is 1.66. The molecule has 2 heteroatoms. The van der Waals surface area contributed by atoms with Gasteiger partial charge in [-0.2, -0.15) is 0 Å². The zero-order valence-corrected chi connectivity index (χ0v) is 8.70. The average molecular weight is 188 g/mol. The molecule has 1 unspecified atom stereocenters. The van der Waals surface area contributed by atoms with Gasteiger partial charge in [0.2, 0.25) is 0 Å². The maximum atomic E-state index is 3.26. The Bertz CT molecular complexity index is 417. The van der Waals surface area contributed by atoms with Crippen molar-refractivity contribution in [1.82, 2.24) is 9.72 Å². The normalized spacial score (nSPS) is 13.3. The van der Waals surface area contributed by atoms with Gasteiger partial charge in [0.05, 0.1) is 0 Å². The van der Waals surface area contributed by atoms with Crippen LogP contribution in [0.15, 0.2) is 36.7 Å². The summed E-state index contributed by atoms with van der Waals surface area (Å²) < 4.78 is 2.16. The second-order valence-corrected chi connectivity index (χ2v) is 3.73. The van der Waals surface area contributed by atoms with E-state index in [1.807, 2.05) is 7.05 Å². The van der Waals surface area contributed by atoms with E-state index in [2.05, 4.69) is 53.3 Å². The number of rotatable bonds is 3. The molecule has 0 aliphatic rings. The van der Waals surface area contributed by atoms with Crippen LogP contribution in [0.25, 0.3) is 5.52 Å². The third-order valence-corrected chi connectivity index (χ3v) is 2.67. The van der Waals surface area contributed by atoms with Crippen molar-refractivity contribution in [3.8, 4) is 0 Å². The van der Waals surface area contributed by atoms with Crippen LogP contribution in [0.3, 0.4) is 0 Å². The van der Waals surface area contributed by atoms with E-state index >= 15 is 0 Å². The Balaban J connectivity index is 2.33. The molecule has 2 aromatic heterocycles. The summed E-state index contributed by atoms with van der Waals surface area (Å²) in [5, 5.41) is 3.26. The van der Waals surface area contributed by atoms with E-state index in [0.717, 1.165) is 6.42 Å². The Morgan fingerprint density at radius 3 is 2.93 bits per heavy atom. The Hall–Kier alpha value is -1.28. The standard InChI is InChI=1S/C12H16N2/c1-10(13-2)9-11-6-8-14-7-4-3-5-12(11)14/h3-8,10,13H,9H2,1-2H3. The molecular weight excluding hydrogens is 172 g/mol. The first-order chi connectivity index (χ1) is 6.81. The average Bonchev–Trinajstić information content (AvgIpc) is 2.62. The number of fused-ring (bicyclic) bond motifs is 1. The topological polar surface area (TPSA) is 16.4 Å². The van der Waals surface area contributed by atoms with Crippen LogP contribution in [-0.4, -0.2) is 17.5 Å². The van der Waals surface area contributed by atoms with Crippen LogP contribution in [0.4, 0.5) is 0 Å². The summed E-state index contributed by atoms with van der Waals surface area (Å²) in [5.74, 6) is 0. The molecule has 0 aliphatic heterocycles. The Labute approximate surface area is 84.6 Å². The highest BCUT2D eigenvalue weighted by atomic mass is 14.9. The van der Waals surface area contributed by atoms with Crippen molar-refractivity contribution >= 4 is 5.52 Å². The molecule has 14 heavy (non-hydrogen) atoms. The first-order valence-corrected chi connectivity index (χ1v) is 5.03. The molecule has 0 aromatic carbocycles. The molecule has 2 rings (SSSR count). The van der Waals surface area contributed by atoms with E-state index in [-0.39, 0.29) is 0 Å². The van der Waals surface area contributed by atoms with Gasteiger partial charge in [-0.05, 0) is 44.2 Å². The Kier molecular flexibility index (Phi) is 2.55. The monoisotopic (exact) mass is 188 g/mol. The van der Waals surface area contributed by atoms with Crippen LogP contribution >= 0.6 is 0 Å². The fourth-order valence-corrected chi connectivity index (χ4v) is 1.72. The van der Waals surface area contributed by atoms with Gasteiger partial charge in [-0.15, -0.1) is 0 Å². The number of pyridine rings is 1. The van der Waals surface area contributed by atoms with Gasteiger partial charge in [-0.3, -0.25) is 0 Å². The molecule has 1 N–H and O–H groups in total. The van der Waals surface area contributed by atoms with Crippen LogP contribution < -0.4 is 5.32 Å². The first-order valence-electron chi connectivity index (χ1n) is 5.03. The molecule has 2 heterocycles. The molecule has 0 bridgehead atoms. The highest BCUT2D eigenvalue weighted by Gasteiger charge is 2.04. The third-order valence-electron chi connectivity index (χ3n) is 2.67. The minimum atomic E-state index is 0.529. The van der Waals surface area contributed by atoms with Gasteiger partial charge in [-0.1, -0.05) is 6.07 Å². The highest BCUT2D eigenvalue weighted by molar-refractivity contribution is 5.55. The summed E-state index contributed by atoms with van der Waals surface area (Å²) in [6.07, 6.45) is 5.28. The maximum absolute atomic E-state index is 3.26. The van der Waals surface area contributed by atoms with E-state index in [1.165, 1.54) is 11.1 Å². The van der Waals surface area contributed by atoms with Crippen LogP contribution in [0.5, 0.6) is 0 Å². The summed E-state index contributed by atoms with van der Waals surface area (Å²) >= 11 is 0. The molecule has 0 aliphatic carbocycles. The summed E-state index contributed by atoms with van der Waals surface area (Å²) in [6, 6.07) is 9.03. The Morgan fingerprint density at radius 1 is 1.29 bits per heavy atom. The van der Waals surface area contributed by atoms with Crippen molar-refractivity contribution < 1.29 is 0 Å². The molecule has 0 saturated carbocycles. The van der Waals surface area contributed by atoms with Gasteiger partial charge in [-0.25, -0.2) is 0 Å². The van der Waals surface area contributed by atoms with Gasteiger partial charge in [0.1, 0.15) is 0 Å². The second kappa shape index (κ2) is 3.84. The number of aromatic nitrogens is 1. The van der Waals surface area contributed by atoms with Gasteiger partial charge in [0.25, 0.3) is 0 Å². The van der Waals surface area contributed by atoms with E-state index in [0.29, 0.717) is 6.04 Å². The largest absolute Gasteiger partial charge is 0.324 e. The quantitative estimate of drug-likeness (QED) is 0.780. The fraction of sp³-hybridized carbons (Fsp3) is 0.333. The minimum absolute atomic E-state index is 0.529. The number of hydrogen-bond donors (Lipinski definition) is 1. The van der Waals surface area contributed by atoms with Gasteiger partial charge in [0.15, 0.2) is 0 Å². The maximum Gasteiger partial charge on any atom is 0.0482 e. The van der Waals surface area contributed by atoms with Crippen molar-refractivity contribution in [3.05, 3.63) is 42.2 Å². The minimum Gasteiger partial charge on any atom is -0.324 e. The number of likely N-dealkylation sites (N-methyl/N-ethyl adjacent to an activating group) is 1. The number of nitrogens with zero attached hydrogens (tertiary/aromatic N) is 1. The molecule has 0 spiro atoms. The van der Waals surface area contributed by atoms with E-state index in [9.17, 15) is 0 Å². The second-order valence-electron chi connectivity index (χ2n) is 3.73. The van der Waals surface area contributed by atoms with Crippen molar-refractivity contribution in [2.75, 3.05) is 7.05 Å². The summed E-state index contributed by atoms with van der Waals surface area (Å²) in [6.45, 7) is 2.20. The van der Waals surface area contributed by atoms with Crippen LogP contribution in [0.1, 0.15) is 12.5 Å².